The van der Waals surface area contributed by atoms with Gasteiger partial charge in [0.05, 0.1) is 22.9 Å². The topological polar surface area (TPSA) is 80.9 Å². The average Bonchev–Trinajstić information content (AvgIpc) is 3.47. The summed E-state index contributed by atoms with van der Waals surface area (Å²) >= 11 is 0. The SMILES string of the molecule is Cn1cc(-c2cc(C(=O)/N=c3\[nH]c4ccccc4n3C3CCCC3)ccn2)cn1. The van der Waals surface area contributed by atoms with E-state index in [1.807, 2.05) is 31.4 Å². The van der Waals surface area contributed by atoms with Gasteiger partial charge in [0.1, 0.15) is 0 Å². The normalized spacial score (nSPS) is 15.4. The summed E-state index contributed by atoms with van der Waals surface area (Å²) in [5, 5.41) is 4.18. The number of nitrogens with one attached hydrogen (secondary N) is 1. The number of amides is 1. The Bertz CT molecular complexity index is 1260. The van der Waals surface area contributed by atoms with Crippen molar-refractivity contribution in [1.29, 1.82) is 0 Å². The number of carbonyl (C=O) groups excluding carboxylic acids is 1. The molecule has 146 valence electrons. The molecule has 3 aromatic heterocycles. The predicted molar refractivity (Wildman–Crippen MR) is 110 cm³/mol. The van der Waals surface area contributed by atoms with Crippen molar-refractivity contribution in [1.82, 2.24) is 24.3 Å². The first-order valence-electron chi connectivity index (χ1n) is 9.92. The number of H-pyrrole nitrogens is 1. The minimum absolute atomic E-state index is 0.282. The monoisotopic (exact) mass is 386 g/mol. The van der Waals surface area contributed by atoms with E-state index >= 15 is 0 Å². The van der Waals surface area contributed by atoms with Crippen LogP contribution in [-0.4, -0.2) is 30.2 Å². The van der Waals surface area contributed by atoms with E-state index in [9.17, 15) is 4.79 Å². The van der Waals surface area contributed by atoms with E-state index in [1.165, 1.54) is 12.8 Å². The van der Waals surface area contributed by atoms with Crippen molar-refractivity contribution in [2.45, 2.75) is 31.7 Å². The summed E-state index contributed by atoms with van der Waals surface area (Å²) in [6.07, 6.45) is 9.90. The maximum atomic E-state index is 13.0. The van der Waals surface area contributed by atoms with Crippen molar-refractivity contribution in [3.05, 3.63) is 66.2 Å². The van der Waals surface area contributed by atoms with Crippen LogP contribution in [-0.2, 0) is 7.05 Å². The first kappa shape index (κ1) is 17.6. The van der Waals surface area contributed by atoms with E-state index in [-0.39, 0.29) is 5.91 Å². The second kappa shape index (κ2) is 7.16. The fourth-order valence-corrected chi connectivity index (χ4v) is 4.13. The number of fused-ring (bicyclic) bond motifs is 1. The minimum atomic E-state index is -0.282. The highest BCUT2D eigenvalue weighted by molar-refractivity contribution is 5.95. The van der Waals surface area contributed by atoms with Gasteiger partial charge in [0.15, 0.2) is 0 Å². The van der Waals surface area contributed by atoms with E-state index in [0.717, 1.165) is 29.4 Å². The average molecular weight is 386 g/mol. The maximum Gasteiger partial charge on any atom is 0.280 e. The van der Waals surface area contributed by atoms with Crippen LogP contribution in [0.25, 0.3) is 22.3 Å². The zero-order valence-corrected chi connectivity index (χ0v) is 16.2. The Balaban J connectivity index is 1.58. The van der Waals surface area contributed by atoms with E-state index in [4.69, 9.17) is 0 Å². The molecule has 1 aliphatic carbocycles. The molecule has 0 bridgehead atoms. The third-order valence-electron chi connectivity index (χ3n) is 5.54. The van der Waals surface area contributed by atoms with Crippen LogP contribution in [0.3, 0.4) is 0 Å². The Labute approximate surface area is 167 Å². The highest BCUT2D eigenvalue weighted by atomic mass is 16.1. The molecule has 0 spiro atoms. The van der Waals surface area contributed by atoms with E-state index < -0.39 is 0 Å². The van der Waals surface area contributed by atoms with Crippen molar-refractivity contribution < 1.29 is 4.79 Å². The van der Waals surface area contributed by atoms with Gasteiger partial charge in [-0.1, -0.05) is 25.0 Å². The number of nitrogens with zero attached hydrogens (tertiary/aromatic N) is 5. The molecule has 4 aromatic rings. The number of rotatable bonds is 3. The zero-order valence-electron chi connectivity index (χ0n) is 16.2. The molecule has 3 heterocycles. The molecule has 1 saturated carbocycles. The van der Waals surface area contributed by atoms with Gasteiger partial charge < -0.3 is 9.55 Å². The van der Waals surface area contributed by atoms with Crippen LogP contribution in [0, 0.1) is 0 Å². The third kappa shape index (κ3) is 3.29. The fraction of sp³-hybridized carbons (Fsp3) is 0.273. The minimum Gasteiger partial charge on any atom is -0.324 e. The molecule has 7 nitrogen and oxygen atoms in total. The number of imidazole rings is 1. The van der Waals surface area contributed by atoms with Gasteiger partial charge in [-0.05, 0) is 37.1 Å². The Hall–Kier alpha value is -3.48. The lowest BCUT2D eigenvalue weighted by molar-refractivity contribution is 0.0996. The Morgan fingerprint density at radius 3 is 2.83 bits per heavy atom. The van der Waals surface area contributed by atoms with Crippen LogP contribution in [0.15, 0.2) is 60.0 Å². The molecule has 0 saturated heterocycles. The quantitative estimate of drug-likeness (QED) is 0.584. The number of aromatic amines is 1. The number of aryl methyl sites for hydroxylation is 1. The van der Waals surface area contributed by atoms with Gasteiger partial charge in [0.25, 0.3) is 5.91 Å². The summed E-state index contributed by atoms with van der Waals surface area (Å²) in [6, 6.07) is 12.0. The number of hydrogen-bond acceptors (Lipinski definition) is 3. The molecule has 0 unspecified atom stereocenters. The van der Waals surface area contributed by atoms with Gasteiger partial charge in [-0.15, -0.1) is 0 Å². The Morgan fingerprint density at radius 2 is 2.03 bits per heavy atom. The van der Waals surface area contributed by atoms with Gasteiger partial charge in [-0.25, -0.2) is 0 Å². The number of hydrogen-bond donors (Lipinski definition) is 1. The van der Waals surface area contributed by atoms with Crippen molar-refractivity contribution >= 4 is 16.9 Å². The number of aromatic nitrogens is 5. The molecule has 1 aromatic carbocycles. The molecule has 0 atom stereocenters. The summed E-state index contributed by atoms with van der Waals surface area (Å²) in [7, 11) is 1.85. The predicted octanol–water partition coefficient (Wildman–Crippen LogP) is 3.62. The summed E-state index contributed by atoms with van der Waals surface area (Å²) < 4.78 is 3.91. The van der Waals surface area contributed by atoms with Crippen LogP contribution in [0.1, 0.15) is 42.1 Å². The zero-order chi connectivity index (χ0) is 19.8. The number of carbonyl (C=O) groups is 1. The van der Waals surface area contributed by atoms with Crippen molar-refractivity contribution in [2.24, 2.45) is 12.0 Å². The lowest BCUT2D eigenvalue weighted by Gasteiger charge is -2.12. The first-order chi connectivity index (χ1) is 14.2. The fourth-order valence-electron chi connectivity index (χ4n) is 4.13. The molecule has 1 aliphatic rings. The molecule has 1 fully saturated rings. The van der Waals surface area contributed by atoms with Crippen LogP contribution in [0.5, 0.6) is 0 Å². The highest BCUT2D eigenvalue weighted by Gasteiger charge is 2.21. The van der Waals surface area contributed by atoms with E-state index in [2.05, 4.69) is 30.7 Å². The van der Waals surface area contributed by atoms with Gasteiger partial charge in [-0.3, -0.25) is 14.5 Å². The van der Waals surface area contributed by atoms with Crippen molar-refractivity contribution in [2.75, 3.05) is 0 Å². The molecule has 0 radical (unpaired) electrons. The molecule has 7 heteroatoms. The lowest BCUT2D eigenvalue weighted by atomic mass is 10.1. The van der Waals surface area contributed by atoms with Gasteiger partial charge >= 0.3 is 0 Å². The van der Waals surface area contributed by atoms with Crippen molar-refractivity contribution in [3.63, 3.8) is 0 Å². The third-order valence-corrected chi connectivity index (χ3v) is 5.54. The highest BCUT2D eigenvalue weighted by Crippen LogP contribution is 2.30. The maximum absolute atomic E-state index is 13.0. The van der Waals surface area contributed by atoms with Gasteiger partial charge in [0, 0.05) is 36.6 Å². The molecule has 1 amide bonds. The van der Waals surface area contributed by atoms with E-state index in [1.54, 1.807) is 29.2 Å². The first-order valence-corrected chi connectivity index (χ1v) is 9.92. The van der Waals surface area contributed by atoms with Crippen molar-refractivity contribution in [3.8, 4) is 11.3 Å². The van der Waals surface area contributed by atoms with Crippen LogP contribution in [0.2, 0.25) is 0 Å². The Morgan fingerprint density at radius 1 is 1.21 bits per heavy atom. The molecule has 29 heavy (non-hydrogen) atoms. The summed E-state index contributed by atoms with van der Waals surface area (Å²) in [4.78, 5) is 25.2. The molecular formula is C22H22N6O. The number of pyridine rings is 1. The molecule has 5 rings (SSSR count). The molecule has 0 aliphatic heterocycles. The number of para-hydroxylation sites is 2. The van der Waals surface area contributed by atoms with E-state index in [0.29, 0.717) is 22.9 Å². The molecular weight excluding hydrogens is 364 g/mol. The summed E-state index contributed by atoms with van der Waals surface area (Å²) in [6.45, 7) is 0. The summed E-state index contributed by atoms with van der Waals surface area (Å²) in [5.74, 6) is -0.282. The van der Waals surface area contributed by atoms with Crippen LogP contribution < -0.4 is 5.62 Å². The largest absolute Gasteiger partial charge is 0.324 e. The van der Waals surface area contributed by atoms with Gasteiger partial charge in [0.2, 0.25) is 5.62 Å². The van der Waals surface area contributed by atoms with Crippen LogP contribution >= 0.6 is 0 Å². The Kier molecular flexibility index (Phi) is 4.35. The van der Waals surface area contributed by atoms with Gasteiger partial charge in [-0.2, -0.15) is 10.1 Å². The second-order valence-corrected chi connectivity index (χ2v) is 7.52. The molecule has 1 N–H and O–H groups in total. The summed E-state index contributed by atoms with van der Waals surface area (Å²) in [5.41, 5.74) is 4.79. The second-order valence-electron chi connectivity index (χ2n) is 7.52. The standard InChI is InChI=1S/C22H22N6O/c1-27-14-16(13-24-27)19-12-15(10-11-23-19)21(29)26-22-25-18-8-4-5-9-20(18)28(22)17-6-2-3-7-17/h4-5,8-14,17H,2-3,6-7H2,1H3,(H,25,26,29). The smallest absolute Gasteiger partial charge is 0.280 e. The lowest BCUT2D eigenvalue weighted by Crippen LogP contribution is -2.24. The van der Waals surface area contributed by atoms with Crippen LogP contribution in [0.4, 0.5) is 0 Å². The number of benzene rings is 1.